The summed E-state index contributed by atoms with van der Waals surface area (Å²) < 4.78 is 41.3. The number of carbonyl (C=O) groups is 2. The largest absolute Gasteiger partial charge is 0.455 e. The number of alkyl halides is 3. The number of ketones is 1. The number of Topliss-reactive ketones (excluding diaryl/α,β-unsaturated/α-hetero) is 1. The van der Waals surface area contributed by atoms with Crippen LogP contribution >= 0.6 is 0 Å². The molecule has 0 spiro atoms. The topological polar surface area (TPSA) is 59.3 Å². The van der Waals surface area contributed by atoms with Gasteiger partial charge in [-0.05, 0) is 13.3 Å². The summed E-state index contributed by atoms with van der Waals surface area (Å²) in [7, 11) is 0. The van der Waals surface area contributed by atoms with Crippen molar-refractivity contribution in [2.45, 2.75) is 32.4 Å². The number of rotatable bonds is 2. The highest BCUT2D eigenvalue weighted by atomic mass is 19.4. The van der Waals surface area contributed by atoms with E-state index in [4.69, 9.17) is 4.42 Å². The van der Waals surface area contributed by atoms with Gasteiger partial charge in [-0.3, -0.25) is 9.59 Å². The molecule has 0 saturated heterocycles. The van der Waals surface area contributed by atoms with Crippen molar-refractivity contribution in [2.75, 3.05) is 6.54 Å². The fourth-order valence-electron chi connectivity index (χ4n) is 2.13. The van der Waals surface area contributed by atoms with Crippen molar-refractivity contribution in [3.8, 4) is 0 Å². The lowest BCUT2D eigenvalue weighted by Crippen LogP contribution is -2.33. The van der Waals surface area contributed by atoms with Crippen LogP contribution in [0, 0.1) is 6.92 Å². The van der Waals surface area contributed by atoms with Gasteiger partial charge >= 0.3 is 6.18 Å². The standard InChI is InChI=1S/C12H12F3NO3/c1-6-9-7(17)3-2-4-8(9)19-10(6)11(18)16-5-12(13,14)15/h2-5H2,1H3,(H,16,18). The summed E-state index contributed by atoms with van der Waals surface area (Å²) in [5.74, 6) is -0.884. The summed E-state index contributed by atoms with van der Waals surface area (Å²) in [6.45, 7) is 0.0820. The molecule has 1 N–H and O–H groups in total. The molecular weight excluding hydrogens is 263 g/mol. The van der Waals surface area contributed by atoms with Gasteiger partial charge in [0.2, 0.25) is 0 Å². The zero-order chi connectivity index (χ0) is 14.2. The van der Waals surface area contributed by atoms with E-state index in [0.717, 1.165) is 0 Å². The fraction of sp³-hybridized carbons (Fsp3) is 0.500. The number of aryl methyl sites for hydroxylation is 1. The minimum Gasteiger partial charge on any atom is -0.455 e. The molecule has 0 bridgehead atoms. The second kappa shape index (κ2) is 4.71. The van der Waals surface area contributed by atoms with E-state index in [1.54, 1.807) is 5.32 Å². The molecule has 1 aliphatic carbocycles. The van der Waals surface area contributed by atoms with Gasteiger partial charge in [0.25, 0.3) is 5.91 Å². The minimum absolute atomic E-state index is 0.127. The monoisotopic (exact) mass is 275 g/mol. The van der Waals surface area contributed by atoms with Gasteiger partial charge in [-0.25, -0.2) is 0 Å². The number of furan rings is 1. The Morgan fingerprint density at radius 2 is 2.05 bits per heavy atom. The van der Waals surface area contributed by atoms with Crippen molar-refractivity contribution in [3.05, 3.63) is 22.6 Å². The van der Waals surface area contributed by atoms with E-state index < -0.39 is 18.6 Å². The Bertz CT molecular complexity index is 531. The predicted octanol–water partition coefficient (Wildman–Crippen LogP) is 2.40. The molecule has 0 fully saturated rings. The number of nitrogens with one attached hydrogen (secondary N) is 1. The number of carbonyl (C=O) groups excluding carboxylic acids is 2. The number of fused-ring (bicyclic) bond motifs is 1. The summed E-state index contributed by atoms with van der Waals surface area (Å²) in [6.07, 6.45) is -2.96. The van der Waals surface area contributed by atoms with E-state index in [1.807, 2.05) is 0 Å². The minimum atomic E-state index is -4.48. The van der Waals surface area contributed by atoms with Crippen LogP contribution in [-0.2, 0) is 6.42 Å². The van der Waals surface area contributed by atoms with Crippen LogP contribution in [0.25, 0.3) is 0 Å². The highest BCUT2D eigenvalue weighted by Gasteiger charge is 2.31. The van der Waals surface area contributed by atoms with Gasteiger partial charge in [-0.1, -0.05) is 0 Å². The van der Waals surface area contributed by atoms with Crippen molar-refractivity contribution in [1.82, 2.24) is 5.32 Å². The first kappa shape index (κ1) is 13.6. The van der Waals surface area contributed by atoms with E-state index in [9.17, 15) is 22.8 Å². The molecule has 4 nitrogen and oxygen atoms in total. The van der Waals surface area contributed by atoms with Crippen LogP contribution in [-0.4, -0.2) is 24.4 Å². The highest BCUT2D eigenvalue weighted by molar-refractivity contribution is 6.03. The highest BCUT2D eigenvalue weighted by Crippen LogP contribution is 2.29. The van der Waals surface area contributed by atoms with E-state index in [2.05, 4.69) is 0 Å². The molecule has 0 atom stereocenters. The molecule has 1 aromatic rings. The molecule has 0 unspecified atom stereocenters. The molecule has 1 amide bonds. The van der Waals surface area contributed by atoms with E-state index in [1.165, 1.54) is 6.92 Å². The van der Waals surface area contributed by atoms with Crippen LogP contribution in [0.15, 0.2) is 4.42 Å². The zero-order valence-corrected chi connectivity index (χ0v) is 10.2. The normalized spacial score (nSPS) is 15.3. The Hall–Kier alpha value is -1.79. The maximum atomic E-state index is 12.0. The van der Waals surface area contributed by atoms with Gasteiger partial charge in [0, 0.05) is 18.4 Å². The molecule has 0 aromatic carbocycles. The van der Waals surface area contributed by atoms with Crippen molar-refractivity contribution < 1.29 is 27.2 Å². The van der Waals surface area contributed by atoms with Gasteiger partial charge in [-0.15, -0.1) is 0 Å². The van der Waals surface area contributed by atoms with E-state index in [0.29, 0.717) is 36.1 Å². The lowest BCUT2D eigenvalue weighted by Gasteiger charge is -2.07. The van der Waals surface area contributed by atoms with Crippen LogP contribution in [0.3, 0.4) is 0 Å². The van der Waals surface area contributed by atoms with E-state index in [-0.39, 0.29) is 11.5 Å². The molecule has 19 heavy (non-hydrogen) atoms. The van der Waals surface area contributed by atoms with Crippen LogP contribution in [0.4, 0.5) is 13.2 Å². The van der Waals surface area contributed by atoms with Gasteiger partial charge in [0.05, 0.1) is 5.56 Å². The molecule has 0 radical (unpaired) electrons. The molecular formula is C12H12F3NO3. The molecule has 2 rings (SSSR count). The third kappa shape index (κ3) is 2.80. The molecule has 0 saturated carbocycles. The quantitative estimate of drug-likeness (QED) is 0.901. The Balaban J connectivity index is 2.22. The molecule has 0 aliphatic heterocycles. The Kier molecular flexibility index (Phi) is 3.38. The summed E-state index contributed by atoms with van der Waals surface area (Å²) >= 11 is 0. The van der Waals surface area contributed by atoms with E-state index >= 15 is 0 Å². The summed E-state index contributed by atoms with van der Waals surface area (Å²) in [6, 6.07) is 0. The number of amides is 1. The average Bonchev–Trinajstić information content (AvgIpc) is 2.64. The first-order valence-electron chi connectivity index (χ1n) is 5.80. The van der Waals surface area contributed by atoms with Crippen molar-refractivity contribution in [3.63, 3.8) is 0 Å². The lowest BCUT2D eigenvalue weighted by molar-refractivity contribution is -0.123. The second-order valence-corrected chi connectivity index (χ2v) is 4.43. The maximum Gasteiger partial charge on any atom is 0.405 e. The van der Waals surface area contributed by atoms with Crippen LogP contribution < -0.4 is 5.32 Å². The van der Waals surface area contributed by atoms with Gasteiger partial charge in [0.1, 0.15) is 12.3 Å². The Morgan fingerprint density at radius 3 is 2.63 bits per heavy atom. The first-order valence-corrected chi connectivity index (χ1v) is 5.80. The predicted molar refractivity (Wildman–Crippen MR) is 59.1 cm³/mol. The molecule has 1 heterocycles. The summed E-state index contributed by atoms with van der Waals surface area (Å²) in [5, 5.41) is 1.73. The second-order valence-electron chi connectivity index (χ2n) is 4.43. The number of hydrogen-bond donors (Lipinski definition) is 1. The smallest absolute Gasteiger partial charge is 0.405 e. The Labute approximate surface area is 107 Å². The zero-order valence-electron chi connectivity index (χ0n) is 10.2. The van der Waals surface area contributed by atoms with Gasteiger partial charge < -0.3 is 9.73 Å². The third-order valence-corrected chi connectivity index (χ3v) is 2.96. The first-order chi connectivity index (χ1) is 8.79. The molecule has 1 aromatic heterocycles. The van der Waals surface area contributed by atoms with Crippen molar-refractivity contribution in [1.29, 1.82) is 0 Å². The SMILES string of the molecule is Cc1c(C(=O)NCC(F)(F)F)oc2c1C(=O)CCC2. The molecule has 104 valence electrons. The van der Waals surface area contributed by atoms with Crippen LogP contribution in [0.1, 0.15) is 45.1 Å². The van der Waals surface area contributed by atoms with Crippen molar-refractivity contribution >= 4 is 11.7 Å². The molecule has 1 aliphatic rings. The fourth-order valence-corrected chi connectivity index (χ4v) is 2.13. The Morgan fingerprint density at radius 1 is 1.37 bits per heavy atom. The van der Waals surface area contributed by atoms with Gasteiger partial charge in [0.15, 0.2) is 11.5 Å². The maximum absolute atomic E-state index is 12.0. The van der Waals surface area contributed by atoms with Crippen LogP contribution in [0.5, 0.6) is 0 Å². The average molecular weight is 275 g/mol. The van der Waals surface area contributed by atoms with Gasteiger partial charge in [-0.2, -0.15) is 13.2 Å². The number of halogens is 3. The van der Waals surface area contributed by atoms with Crippen LogP contribution in [0.2, 0.25) is 0 Å². The summed E-state index contributed by atoms with van der Waals surface area (Å²) in [5.41, 5.74) is 0.669. The lowest BCUT2D eigenvalue weighted by atomic mass is 9.94. The third-order valence-electron chi connectivity index (χ3n) is 2.96. The number of hydrogen-bond acceptors (Lipinski definition) is 3. The molecule has 7 heteroatoms. The van der Waals surface area contributed by atoms with Crippen molar-refractivity contribution in [2.24, 2.45) is 0 Å². The summed E-state index contributed by atoms with van der Waals surface area (Å²) in [4.78, 5) is 23.3.